The Balaban J connectivity index is 1.60. The van der Waals surface area contributed by atoms with Crippen molar-refractivity contribution in [1.82, 2.24) is 10.4 Å². The average molecular weight is 320 g/mol. The highest BCUT2D eigenvalue weighted by Crippen LogP contribution is 2.15. The molecule has 0 radical (unpaired) electrons. The second-order valence-electron chi connectivity index (χ2n) is 5.31. The molecule has 1 aromatic heterocycles. The van der Waals surface area contributed by atoms with Crippen molar-refractivity contribution in [3.05, 3.63) is 65.9 Å². The van der Waals surface area contributed by atoms with Crippen LogP contribution < -0.4 is 10.7 Å². The molecule has 3 aromatic rings. The van der Waals surface area contributed by atoms with E-state index in [1.165, 1.54) is 6.21 Å². The number of aromatic amines is 1. The van der Waals surface area contributed by atoms with Crippen molar-refractivity contribution in [3.8, 4) is 0 Å². The molecule has 0 aliphatic heterocycles. The minimum Gasteiger partial charge on any atom is -0.361 e. The van der Waals surface area contributed by atoms with Gasteiger partial charge in [0.2, 0.25) is 0 Å². The van der Waals surface area contributed by atoms with Crippen molar-refractivity contribution in [3.63, 3.8) is 0 Å². The summed E-state index contributed by atoms with van der Waals surface area (Å²) in [5.74, 6) is -1.60. The van der Waals surface area contributed by atoms with Gasteiger partial charge in [-0.25, -0.2) is 5.43 Å². The Hall–Kier alpha value is -3.41. The number of hydrogen-bond donors (Lipinski definition) is 3. The van der Waals surface area contributed by atoms with E-state index in [1.54, 1.807) is 18.3 Å². The number of H-pyrrole nitrogens is 1. The second kappa shape index (κ2) is 6.78. The highest BCUT2D eigenvalue weighted by Gasteiger charge is 2.12. The largest absolute Gasteiger partial charge is 0.361 e. The standard InChI is InChI=1S/C18H16N4O2/c1-12-6-8-14(9-7-12)21-17(23)18(24)22-20-11-13-10-19-16-5-3-2-4-15(13)16/h2-11,19H,1H3,(H,21,23)(H,22,24)/b20-11-. The van der Waals surface area contributed by atoms with Crippen LogP contribution in [0.3, 0.4) is 0 Å². The van der Waals surface area contributed by atoms with E-state index in [4.69, 9.17) is 0 Å². The number of fused-ring (bicyclic) bond motifs is 1. The van der Waals surface area contributed by atoms with Crippen LogP contribution in [0.5, 0.6) is 0 Å². The number of anilines is 1. The number of aryl methyl sites for hydroxylation is 1. The van der Waals surface area contributed by atoms with Crippen molar-refractivity contribution in [1.29, 1.82) is 0 Å². The maximum absolute atomic E-state index is 11.8. The first-order chi connectivity index (χ1) is 11.6. The van der Waals surface area contributed by atoms with Gasteiger partial charge in [-0.1, -0.05) is 35.9 Å². The van der Waals surface area contributed by atoms with Crippen LogP contribution in [0.2, 0.25) is 0 Å². The van der Waals surface area contributed by atoms with Crippen molar-refractivity contribution in [2.75, 3.05) is 5.32 Å². The molecule has 2 amide bonds. The van der Waals surface area contributed by atoms with Gasteiger partial charge in [0.1, 0.15) is 0 Å². The zero-order valence-corrected chi connectivity index (χ0v) is 13.0. The number of carbonyl (C=O) groups excluding carboxylic acids is 2. The van der Waals surface area contributed by atoms with E-state index in [1.807, 2.05) is 43.3 Å². The van der Waals surface area contributed by atoms with Crippen LogP contribution in [0.25, 0.3) is 10.9 Å². The molecule has 3 N–H and O–H groups in total. The Morgan fingerprint density at radius 3 is 2.58 bits per heavy atom. The van der Waals surface area contributed by atoms with Crippen LogP contribution in [0.1, 0.15) is 11.1 Å². The summed E-state index contributed by atoms with van der Waals surface area (Å²) in [7, 11) is 0. The van der Waals surface area contributed by atoms with E-state index in [2.05, 4.69) is 20.8 Å². The minimum absolute atomic E-state index is 0.557. The lowest BCUT2D eigenvalue weighted by molar-refractivity contribution is -0.136. The number of nitrogens with zero attached hydrogens (tertiary/aromatic N) is 1. The number of hydrogen-bond acceptors (Lipinski definition) is 3. The molecule has 0 atom stereocenters. The van der Waals surface area contributed by atoms with Gasteiger partial charge in [-0.15, -0.1) is 0 Å². The highest BCUT2D eigenvalue weighted by molar-refractivity contribution is 6.39. The van der Waals surface area contributed by atoms with E-state index in [9.17, 15) is 9.59 Å². The van der Waals surface area contributed by atoms with Gasteiger partial charge in [0.15, 0.2) is 0 Å². The monoisotopic (exact) mass is 320 g/mol. The zero-order valence-electron chi connectivity index (χ0n) is 13.0. The van der Waals surface area contributed by atoms with Gasteiger partial charge in [-0.3, -0.25) is 9.59 Å². The van der Waals surface area contributed by atoms with E-state index in [0.29, 0.717) is 5.69 Å². The average Bonchev–Trinajstić information content (AvgIpc) is 3.00. The van der Waals surface area contributed by atoms with Gasteiger partial charge < -0.3 is 10.3 Å². The summed E-state index contributed by atoms with van der Waals surface area (Å²) in [5, 5.41) is 7.33. The number of hydrazone groups is 1. The highest BCUT2D eigenvalue weighted by atomic mass is 16.2. The smallest absolute Gasteiger partial charge is 0.329 e. The van der Waals surface area contributed by atoms with E-state index in [0.717, 1.165) is 22.0 Å². The third-order valence-corrected chi connectivity index (χ3v) is 3.51. The van der Waals surface area contributed by atoms with Crippen LogP contribution in [0, 0.1) is 6.92 Å². The summed E-state index contributed by atoms with van der Waals surface area (Å²) >= 11 is 0. The Kier molecular flexibility index (Phi) is 4.38. The molecule has 0 spiro atoms. The van der Waals surface area contributed by atoms with Gasteiger partial charge in [0.05, 0.1) is 6.21 Å². The van der Waals surface area contributed by atoms with Crippen molar-refractivity contribution < 1.29 is 9.59 Å². The third-order valence-electron chi connectivity index (χ3n) is 3.51. The molecule has 6 nitrogen and oxygen atoms in total. The molecular weight excluding hydrogens is 304 g/mol. The lowest BCUT2D eigenvalue weighted by atomic mass is 10.2. The van der Waals surface area contributed by atoms with Gasteiger partial charge in [0.25, 0.3) is 0 Å². The maximum atomic E-state index is 11.8. The van der Waals surface area contributed by atoms with Crippen LogP contribution in [-0.2, 0) is 9.59 Å². The van der Waals surface area contributed by atoms with E-state index < -0.39 is 11.8 Å². The van der Waals surface area contributed by atoms with Crippen molar-refractivity contribution >= 4 is 34.6 Å². The topological polar surface area (TPSA) is 86.3 Å². The molecule has 2 aromatic carbocycles. The molecule has 0 fully saturated rings. The molecule has 0 saturated heterocycles. The summed E-state index contributed by atoms with van der Waals surface area (Å²) in [4.78, 5) is 26.7. The van der Waals surface area contributed by atoms with Gasteiger partial charge >= 0.3 is 11.8 Å². The van der Waals surface area contributed by atoms with Gasteiger partial charge in [-0.2, -0.15) is 5.10 Å². The van der Waals surface area contributed by atoms with Gasteiger partial charge in [0, 0.05) is 28.4 Å². The number of para-hydroxylation sites is 1. The molecule has 0 saturated carbocycles. The first-order valence-electron chi connectivity index (χ1n) is 7.40. The lowest BCUT2D eigenvalue weighted by Gasteiger charge is -2.03. The third kappa shape index (κ3) is 3.49. The molecule has 24 heavy (non-hydrogen) atoms. The predicted octanol–water partition coefficient (Wildman–Crippen LogP) is 2.57. The Morgan fingerprint density at radius 1 is 1.04 bits per heavy atom. The van der Waals surface area contributed by atoms with Crippen LogP contribution in [0.4, 0.5) is 5.69 Å². The summed E-state index contributed by atoms with van der Waals surface area (Å²) in [5.41, 5.74) is 5.65. The fraction of sp³-hybridized carbons (Fsp3) is 0.0556. The van der Waals surface area contributed by atoms with Crippen LogP contribution >= 0.6 is 0 Å². The van der Waals surface area contributed by atoms with E-state index in [-0.39, 0.29) is 0 Å². The Labute approximate surface area is 138 Å². The first kappa shape index (κ1) is 15.5. The first-order valence-corrected chi connectivity index (χ1v) is 7.40. The van der Waals surface area contributed by atoms with Crippen LogP contribution in [-0.4, -0.2) is 23.0 Å². The summed E-state index contributed by atoms with van der Waals surface area (Å²) < 4.78 is 0. The molecular formula is C18H16N4O2. The maximum Gasteiger partial charge on any atom is 0.329 e. The molecule has 120 valence electrons. The molecule has 6 heteroatoms. The number of aromatic nitrogens is 1. The number of nitrogens with one attached hydrogen (secondary N) is 3. The fourth-order valence-electron chi connectivity index (χ4n) is 2.24. The van der Waals surface area contributed by atoms with Crippen molar-refractivity contribution in [2.24, 2.45) is 5.10 Å². The molecule has 0 unspecified atom stereocenters. The quantitative estimate of drug-likeness (QED) is 0.393. The fourth-order valence-corrected chi connectivity index (χ4v) is 2.24. The summed E-state index contributed by atoms with van der Waals surface area (Å²) in [6.45, 7) is 1.94. The SMILES string of the molecule is Cc1ccc(NC(=O)C(=O)N/N=C\c2c[nH]c3ccccc23)cc1. The lowest BCUT2D eigenvalue weighted by Crippen LogP contribution is -2.32. The number of rotatable bonds is 3. The molecule has 3 rings (SSSR count). The minimum atomic E-state index is -0.827. The molecule has 0 bridgehead atoms. The van der Waals surface area contributed by atoms with Crippen LogP contribution in [0.15, 0.2) is 59.8 Å². The number of benzene rings is 2. The number of amides is 2. The second-order valence-corrected chi connectivity index (χ2v) is 5.31. The molecule has 0 aliphatic carbocycles. The zero-order chi connectivity index (χ0) is 16.9. The number of carbonyl (C=O) groups is 2. The Bertz CT molecular complexity index is 910. The van der Waals surface area contributed by atoms with Crippen molar-refractivity contribution in [2.45, 2.75) is 6.92 Å². The Morgan fingerprint density at radius 2 is 1.79 bits per heavy atom. The summed E-state index contributed by atoms with van der Waals surface area (Å²) in [6.07, 6.45) is 3.28. The summed E-state index contributed by atoms with van der Waals surface area (Å²) in [6, 6.07) is 14.9. The van der Waals surface area contributed by atoms with E-state index >= 15 is 0 Å². The molecule has 1 heterocycles. The molecule has 0 aliphatic rings. The van der Waals surface area contributed by atoms with Gasteiger partial charge in [-0.05, 0) is 25.1 Å². The normalized spacial score (nSPS) is 10.9. The predicted molar refractivity (Wildman–Crippen MR) is 93.8 cm³/mol.